The maximum Gasteiger partial charge on any atom is 0.322 e. The minimum Gasteiger partial charge on any atom is -0.480 e. The molecule has 0 saturated heterocycles. The van der Waals surface area contributed by atoms with Gasteiger partial charge in [-0.15, -0.1) is 0 Å². The maximum absolute atomic E-state index is 11.6. The van der Waals surface area contributed by atoms with Crippen LogP contribution in [0, 0.1) is 11.3 Å². The Hall–Kier alpha value is -1.06. The number of hydrogen-bond donors (Lipinski definition) is 2. The van der Waals surface area contributed by atoms with E-state index in [1.165, 1.54) is 12.8 Å². The van der Waals surface area contributed by atoms with Crippen molar-refractivity contribution < 1.29 is 14.7 Å². The third-order valence-electron chi connectivity index (χ3n) is 3.79. The van der Waals surface area contributed by atoms with Crippen molar-refractivity contribution in [3.05, 3.63) is 0 Å². The summed E-state index contributed by atoms with van der Waals surface area (Å²) in [6, 6.07) is 0. The molecule has 0 atom stereocenters. The van der Waals surface area contributed by atoms with Crippen molar-refractivity contribution in [3.63, 3.8) is 0 Å². The number of nitrogens with one attached hydrogen (secondary N) is 1. The topological polar surface area (TPSA) is 66.4 Å². The van der Waals surface area contributed by atoms with Crippen LogP contribution < -0.4 is 5.32 Å². The van der Waals surface area contributed by atoms with E-state index >= 15 is 0 Å². The van der Waals surface area contributed by atoms with Gasteiger partial charge in [-0.2, -0.15) is 0 Å². The summed E-state index contributed by atoms with van der Waals surface area (Å²) in [5, 5.41) is 10.9. The average Bonchev–Trinajstić information content (AvgIpc) is 2.96. The zero-order chi connectivity index (χ0) is 10.9. The molecule has 4 nitrogen and oxygen atoms in total. The van der Waals surface area contributed by atoms with Gasteiger partial charge in [0.25, 0.3) is 0 Å². The van der Waals surface area contributed by atoms with Gasteiger partial charge in [0.2, 0.25) is 5.91 Å². The number of carboxylic acids is 1. The van der Waals surface area contributed by atoms with Crippen LogP contribution >= 0.6 is 0 Å². The molecule has 0 unspecified atom stereocenters. The van der Waals surface area contributed by atoms with E-state index in [1.807, 2.05) is 0 Å². The Balaban J connectivity index is 1.74. The highest BCUT2D eigenvalue weighted by molar-refractivity contribution is 5.82. The van der Waals surface area contributed by atoms with E-state index in [0.29, 0.717) is 5.41 Å². The van der Waals surface area contributed by atoms with Gasteiger partial charge in [0.1, 0.15) is 6.54 Å². The second-order valence-electron chi connectivity index (χ2n) is 4.89. The first kappa shape index (κ1) is 10.5. The van der Waals surface area contributed by atoms with E-state index in [1.54, 1.807) is 0 Å². The first-order valence-corrected chi connectivity index (χ1v) is 5.61. The van der Waals surface area contributed by atoms with E-state index in [9.17, 15) is 9.59 Å². The highest BCUT2D eigenvalue weighted by atomic mass is 16.4. The largest absolute Gasteiger partial charge is 0.480 e. The van der Waals surface area contributed by atoms with Gasteiger partial charge in [-0.05, 0) is 43.9 Å². The van der Waals surface area contributed by atoms with Crippen LogP contribution in [-0.4, -0.2) is 23.5 Å². The molecule has 0 radical (unpaired) electrons. The van der Waals surface area contributed by atoms with E-state index in [0.717, 1.165) is 25.7 Å². The number of carboxylic acid groups (broad SMARTS) is 1. The Morgan fingerprint density at radius 2 is 1.80 bits per heavy atom. The number of hydrogen-bond acceptors (Lipinski definition) is 2. The quantitative estimate of drug-likeness (QED) is 0.736. The Morgan fingerprint density at radius 1 is 1.20 bits per heavy atom. The van der Waals surface area contributed by atoms with E-state index in [4.69, 9.17) is 5.11 Å². The lowest BCUT2D eigenvalue weighted by Gasteiger charge is -2.27. The summed E-state index contributed by atoms with van der Waals surface area (Å²) in [5.74, 6) is -0.999. The number of carbonyl (C=O) groups is 2. The Bertz CT molecular complexity index is 274. The van der Waals surface area contributed by atoms with Crippen molar-refractivity contribution in [2.75, 3.05) is 6.54 Å². The summed E-state index contributed by atoms with van der Waals surface area (Å²) in [4.78, 5) is 21.8. The minimum absolute atomic E-state index is 0.0515. The normalized spacial score (nSPS) is 23.7. The first-order valence-electron chi connectivity index (χ1n) is 5.61. The van der Waals surface area contributed by atoms with Crippen LogP contribution in [0.2, 0.25) is 0 Å². The fraction of sp³-hybridized carbons (Fsp3) is 0.818. The molecule has 84 valence electrons. The highest BCUT2D eigenvalue weighted by Gasteiger charge is 2.45. The van der Waals surface area contributed by atoms with E-state index in [-0.39, 0.29) is 18.4 Å². The molecule has 1 spiro atoms. The van der Waals surface area contributed by atoms with Crippen molar-refractivity contribution in [2.45, 2.75) is 38.5 Å². The van der Waals surface area contributed by atoms with Crippen molar-refractivity contribution >= 4 is 11.9 Å². The molecular weight excluding hydrogens is 194 g/mol. The maximum atomic E-state index is 11.6. The lowest BCUT2D eigenvalue weighted by atomic mass is 9.79. The molecule has 1 amide bonds. The predicted molar refractivity (Wildman–Crippen MR) is 54.3 cm³/mol. The summed E-state index contributed by atoms with van der Waals surface area (Å²) >= 11 is 0. The van der Waals surface area contributed by atoms with Crippen LogP contribution in [0.4, 0.5) is 0 Å². The van der Waals surface area contributed by atoms with Crippen molar-refractivity contribution in [1.29, 1.82) is 0 Å². The number of aliphatic carboxylic acids is 1. The molecule has 2 N–H and O–H groups in total. The standard InChI is InChI=1S/C11H17NO3/c13-9(14)7-12-10(15)8-1-3-11(4-2-8)5-6-11/h8H,1-7H2,(H,12,15)(H,13,14). The molecule has 4 heteroatoms. The minimum atomic E-state index is -0.974. The molecule has 0 aliphatic heterocycles. The fourth-order valence-electron chi connectivity index (χ4n) is 2.48. The smallest absolute Gasteiger partial charge is 0.322 e. The van der Waals surface area contributed by atoms with Crippen molar-refractivity contribution in [3.8, 4) is 0 Å². The van der Waals surface area contributed by atoms with E-state index < -0.39 is 5.97 Å². The fourth-order valence-corrected chi connectivity index (χ4v) is 2.48. The van der Waals surface area contributed by atoms with Crippen LogP contribution in [0.1, 0.15) is 38.5 Å². The Kier molecular flexibility index (Phi) is 2.67. The summed E-state index contributed by atoms with van der Waals surface area (Å²) in [7, 11) is 0. The zero-order valence-corrected chi connectivity index (χ0v) is 8.79. The molecule has 0 aromatic heterocycles. The molecule has 15 heavy (non-hydrogen) atoms. The summed E-state index contributed by atoms with van der Waals surface area (Å²) in [6.45, 7) is -0.250. The lowest BCUT2D eigenvalue weighted by Crippen LogP contribution is -2.36. The van der Waals surface area contributed by atoms with E-state index in [2.05, 4.69) is 5.32 Å². The lowest BCUT2D eigenvalue weighted by molar-refractivity contribution is -0.138. The summed E-state index contributed by atoms with van der Waals surface area (Å²) < 4.78 is 0. The molecular formula is C11H17NO3. The Labute approximate surface area is 89.0 Å². The van der Waals surface area contributed by atoms with Crippen molar-refractivity contribution in [2.24, 2.45) is 11.3 Å². The van der Waals surface area contributed by atoms with Gasteiger partial charge in [-0.25, -0.2) is 0 Å². The van der Waals surface area contributed by atoms with Crippen molar-refractivity contribution in [1.82, 2.24) is 5.32 Å². The van der Waals surface area contributed by atoms with Gasteiger partial charge in [0.05, 0.1) is 0 Å². The monoisotopic (exact) mass is 211 g/mol. The third-order valence-corrected chi connectivity index (χ3v) is 3.79. The van der Waals surface area contributed by atoms with Gasteiger partial charge in [0, 0.05) is 5.92 Å². The van der Waals surface area contributed by atoms with Crippen LogP contribution in [0.5, 0.6) is 0 Å². The van der Waals surface area contributed by atoms with Crippen LogP contribution in [0.15, 0.2) is 0 Å². The SMILES string of the molecule is O=C(O)CNC(=O)C1CCC2(CC1)CC2. The molecule has 0 bridgehead atoms. The number of amides is 1. The molecule has 0 aromatic carbocycles. The molecule has 2 saturated carbocycles. The molecule has 2 fully saturated rings. The molecule has 2 rings (SSSR count). The molecule has 0 aromatic rings. The zero-order valence-electron chi connectivity index (χ0n) is 8.79. The van der Waals surface area contributed by atoms with Gasteiger partial charge >= 0.3 is 5.97 Å². The number of rotatable bonds is 3. The molecule has 2 aliphatic rings. The van der Waals surface area contributed by atoms with Gasteiger partial charge in [0.15, 0.2) is 0 Å². The Morgan fingerprint density at radius 3 is 2.27 bits per heavy atom. The highest BCUT2D eigenvalue weighted by Crippen LogP contribution is 2.57. The summed E-state index contributed by atoms with van der Waals surface area (Å²) in [5.41, 5.74) is 0.587. The molecule has 2 aliphatic carbocycles. The average molecular weight is 211 g/mol. The predicted octanol–water partition coefficient (Wildman–Crippen LogP) is 1.16. The van der Waals surface area contributed by atoms with Gasteiger partial charge in [-0.3, -0.25) is 9.59 Å². The van der Waals surface area contributed by atoms with Gasteiger partial charge in [-0.1, -0.05) is 0 Å². The second kappa shape index (κ2) is 3.83. The second-order valence-corrected chi connectivity index (χ2v) is 4.89. The third kappa shape index (κ3) is 2.49. The molecule has 0 heterocycles. The van der Waals surface area contributed by atoms with Crippen LogP contribution in [0.3, 0.4) is 0 Å². The summed E-state index contributed by atoms with van der Waals surface area (Å²) in [6.07, 6.45) is 6.83. The van der Waals surface area contributed by atoms with Gasteiger partial charge < -0.3 is 10.4 Å². The first-order chi connectivity index (χ1) is 7.11. The van der Waals surface area contributed by atoms with Crippen LogP contribution in [0.25, 0.3) is 0 Å². The van der Waals surface area contributed by atoms with Crippen LogP contribution in [-0.2, 0) is 9.59 Å². The number of carbonyl (C=O) groups excluding carboxylic acids is 1.